The number of rotatable bonds is 18. The highest BCUT2D eigenvalue weighted by Crippen LogP contribution is 2.02. The van der Waals surface area contributed by atoms with Crippen LogP contribution < -0.4 is 17.1 Å². The van der Waals surface area contributed by atoms with Crippen LogP contribution in [0, 0.1) is 11.5 Å². The molecule has 1 aromatic heterocycles. The van der Waals surface area contributed by atoms with E-state index in [9.17, 15) is 24.0 Å². The second-order valence-electron chi connectivity index (χ2n) is 7.96. The molecule has 0 aliphatic carbocycles. The van der Waals surface area contributed by atoms with Crippen LogP contribution in [0.1, 0.15) is 58.3 Å². The largest absolute Gasteiger partial charge is 0.460 e. The Labute approximate surface area is 203 Å². The summed E-state index contributed by atoms with van der Waals surface area (Å²) >= 11 is 0. The summed E-state index contributed by atoms with van der Waals surface area (Å²) in [6.07, 6.45) is 8.45. The number of aromatic nitrogens is 3. The number of nitriles is 1. The van der Waals surface area contributed by atoms with Gasteiger partial charge in [-0.3, -0.25) is 0 Å². The normalized spacial score (nSPS) is 10.3. The zero-order valence-electron chi connectivity index (χ0n) is 20.2. The van der Waals surface area contributed by atoms with Crippen LogP contribution in [0.4, 0.5) is 0 Å². The van der Waals surface area contributed by atoms with E-state index in [2.05, 4.69) is 16.3 Å². The average Bonchev–Trinajstić information content (AvgIpc) is 2.83. The van der Waals surface area contributed by atoms with Crippen molar-refractivity contribution in [1.29, 1.82) is 5.26 Å². The summed E-state index contributed by atoms with van der Waals surface area (Å²) in [4.78, 5) is 64.0. The zero-order chi connectivity index (χ0) is 26.1. The van der Waals surface area contributed by atoms with Crippen molar-refractivity contribution in [3.05, 3.63) is 43.6 Å². The Kier molecular flexibility index (Phi) is 14.1. The molecule has 0 aliphatic heterocycles. The molecule has 0 saturated carbocycles. The van der Waals surface area contributed by atoms with Gasteiger partial charge in [0.1, 0.15) is 13.2 Å². The standard InChI is InChI=1S/C23H33N5O7/c1-19(2)20(30)35-16-14-28-22(32)26(12-8-4-3-7-11-25-18-29)21(31)27(23(28)33)13-9-5-6-10-15-34-17-24/h1,3-16H2,2H3. The third-order valence-electron chi connectivity index (χ3n) is 5.19. The maximum absolute atomic E-state index is 12.9. The van der Waals surface area contributed by atoms with Crippen molar-refractivity contribution in [3.63, 3.8) is 0 Å². The number of nitrogens with zero attached hydrogens (tertiary/aromatic N) is 5. The van der Waals surface area contributed by atoms with Gasteiger partial charge < -0.3 is 9.47 Å². The highest BCUT2D eigenvalue weighted by Gasteiger charge is 2.16. The van der Waals surface area contributed by atoms with E-state index in [1.165, 1.54) is 13.0 Å². The quantitative estimate of drug-likeness (QED) is 0.0742. The molecule has 0 amide bonds. The average molecular weight is 492 g/mol. The van der Waals surface area contributed by atoms with E-state index in [-0.39, 0.29) is 31.8 Å². The molecule has 12 nitrogen and oxygen atoms in total. The number of unbranched alkanes of at least 4 members (excludes halogenated alkanes) is 6. The predicted octanol–water partition coefficient (Wildman–Crippen LogP) is 1.25. The Hall–Kier alpha value is -3.71. The van der Waals surface area contributed by atoms with E-state index in [1.807, 2.05) is 0 Å². The molecule has 0 unspecified atom stereocenters. The number of hydrogen-bond donors (Lipinski definition) is 0. The fourth-order valence-corrected chi connectivity index (χ4v) is 3.31. The van der Waals surface area contributed by atoms with Gasteiger partial charge in [-0.2, -0.15) is 5.26 Å². The van der Waals surface area contributed by atoms with Crippen molar-refractivity contribution in [1.82, 2.24) is 13.7 Å². The van der Waals surface area contributed by atoms with Crippen molar-refractivity contribution in [2.24, 2.45) is 4.99 Å². The number of ether oxygens (including phenoxy) is 2. The van der Waals surface area contributed by atoms with Crippen LogP contribution >= 0.6 is 0 Å². The van der Waals surface area contributed by atoms with E-state index >= 15 is 0 Å². The molecule has 0 bridgehead atoms. The Bertz CT molecular complexity index is 1100. The number of carbonyl (C=O) groups is 1. The van der Waals surface area contributed by atoms with E-state index in [1.54, 1.807) is 6.26 Å². The van der Waals surface area contributed by atoms with E-state index in [4.69, 9.17) is 10.00 Å². The summed E-state index contributed by atoms with van der Waals surface area (Å²) in [5, 5.41) is 8.37. The summed E-state index contributed by atoms with van der Waals surface area (Å²) in [5.74, 6) is -0.633. The van der Waals surface area contributed by atoms with Crippen LogP contribution in [-0.4, -0.2) is 45.5 Å². The first-order valence-corrected chi connectivity index (χ1v) is 11.7. The number of isocyanates is 1. The lowest BCUT2D eigenvalue weighted by molar-refractivity contribution is -0.139. The molecule has 1 aromatic rings. The first-order chi connectivity index (χ1) is 16.8. The van der Waals surface area contributed by atoms with Crippen LogP contribution in [0.2, 0.25) is 0 Å². The van der Waals surface area contributed by atoms with Gasteiger partial charge in [0.05, 0.1) is 13.1 Å². The summed E-state index contributed by atoms with van der Waals surface area (Å²) in [5.41, 5.74) is -1.98. The summed E-state index contributed by atoms with van der Waals surface area (Å²) in [7, 11) is 0. The summed E-state index contributed by atoms with van der Waals surface area (Å²) in [6.45, 7) is 5.53. The Morgan fingerprint density at radius 1 is 0.857 bits per heavy atom. The maximum atomic E-state index is 12.9. The minimum atomic E-state index is -0.748. The maximum Gasteiger partial charge on any atom is 0.336 e. The topological polar surface area (TPSA) is 155 Å². The first-order valence-electron chi connectivity index (χ1n) is 11.7. The first kappa shape index (κ1) is 29.3. The Morgan fingerprint density at radius 2 is 1.37 bits per heavy atom. The minimum absolute atomic E-state index is 0.131. The molecule has 0 radical (unpaired) electrons. The molecular formula is C23H33N5O7. The van der Waals surface area contributed by atoms with Crippen molar-refractivity contribution >= 4 is 12.0 Å². The number of aliphatic imine (C=N–C) groups is 1. The van der Waals surface area contributed by atoms with Crippen molar-refractivity contribution in [2.75, 3.05) is 19.8 Å². The molecule has 0 atom stereocenters. The molecule has 0 fully saturated rings. The smallest absolute Gasteiger partial charge is 0.336 e. The van der Waals surface area contributed by atoms with Gasteiger partial charge in [-0.25, -0.2) is 42.7 Å². The molecular weight excluding hydrogens is 458 g/mol. The molecule has 0 N–H and O–H groups in total. The van der Waals surface area contributed by atoms with Crippen LogP contribution in [0.15, 0.2) is 31.5 Å². The van der Waals surface area contributed by atoms with Gasteiger partial charge in [-0.05, 0) is 39.0 Å². The Morgan fingerprint density at radius 3 is 1.89 bits per heavy atom. The van der Waals surface area contributed by atoms with Crippen molar-refractivity contribution in [3.8, 4) is 6.26 Å². The highest BCUT2D eigenvalue weighted by atomic mass is 16.5. The third-order valence-corrected chi connectivity index (χ3v) is 5.19. The van der Waals surface area contributed by atoms with Crippen LogP contribution in [0.3, 0.4) is 0 Å². The van der Waals surface area contributed by atoms with Gasteiger partial charge in [-0.15, -0.1) is 0 Å². The monoisotopic (exact) mass is 491 g/mol. The molecule has 1 rings (SSSR count). The lowest BCUT2D eigenvalue weighted by atomic mass is 10.2. The van der Waals surface area contributed by atoms with E-state index in [0.717, 1.165) is 26.5 Å². The summed E-state index contributed by atoms with van der Waals surface area (Å²) in [6, 6.07) is 0. The van der Waals surface area contributed by atoms with Crippen LogP contribution in [-0.2, 0) is 38.7 Å². The fraction of sp³-hybridized carbons (Fsp3) is 0.652. The van der Waals surface area contributed by atoms with Crippen LogP contribution in [0.25, 0.3) is 0 Å². The van der Waals surface area contributed by atoms with Crippen molar-refractivity contribution < 1.29 is 19.1 Å². The zero-order valence-corrected chi connectivity index (χ0v) is 20.2. The molecule has 35 heavy (non-hydrogen) atoms. The highest BCUT2D eigenvalue weighted by molar-refractivity contribution is 5.86. The van der Waals surface area contributed by atoms with E-state index < -0.39 is 23.0 Å². The number of hydrogen-bond acceptors (Lipinski definition) is 9. The minimum Gasteiger partial charge on any atom is -0.460 e. The van der Waals surface area contributed by atoms with Crippen molar-refractivity contribution in [2.45, 2.75) is 77.9 Å². The molecule has 12 heteroatoms. The van der Waals surface area contributed by atoms with Gasteiger partial charge in [0, 0.05) is 18.7 Å². The molecule has 0 spiro atoms. The molecule has 0 aromatic carbocycles. The third kappa shape index (κ3) is 10.4. The number of carbonyl (C=O) groups excluding carboxylic acids is 2. The molecule has 0 saturated heterocycles. The summed E-state index contributed by atoms with van der Waals surface area (Å²) < 4.78 is 12.6. The molecule has 0 aliphatic rings. The second-order valence-corrected chi connectivity index (χ2v) is 7.96. The van der Waals surface area contributed by atoms with Gasteiger partial charge in [0.15, 0.2) is 0 Å². The van der Waals surface area contributed by atoms with Gasteiger partial charge in [-0.1, -0.05) is 25.8 Å². The molecule has 1 heterocycles. The van der Waals surface area contributed by atoms with Gasteiger partial charge in [0.25, 0.3) is 6.26 Å². The van der Waals surface area contributed by atoms with Gasteiger partial charge >= 0.3 is 23.0 Å². The lowest BCUT2D eigenvalue weighted by Gasteiger charge is -2.14. The van der Waals surface area contributed by atoms with E-state index in [0.29, 0.717) is 51.7 Å². The second kappa shape index (κ2) is 16.8. The SMILES string of the molecule is C=C(C)C(=O)OCCn1c(=O)n(CCCCCCN=C=O)c(=O)n(CCCCCCOC#N)c1=O. The van der Waals surface area contributed by atoms with Gasteiger partial charge in [0.2, 0.25) is 6.08 Å². The van der Waals surface area contributed by atoms with Crippen LogP contribution in [0.5, 0.6) is 0 Å². The lowest BCUT2D eigenvalue weighted by Crippen LogP contribution is -2.55. The number of esters is 1. The predicted molar refractivity (Wildman–Crippen MR) is 126 cm³/mol. The molecule has 192 valence electrons. The Balaban J connectivity index is 2.97. The fourth-order valence-electron chi connectivity index (χ4n) is 3.31.